The van der Waals surface area contributed by atoms with Gasteiger partial charge >= 0.3 is 0 Å². The molecule has 1 aromatic heterocycles. The number of hydrogen-bond donors (Lipinski definition) is 2. The highest BCUT2D eigenvalue weighted by Crippen LogP contribution is 2.41. The highest BCUT2D eigenvalue weighted by Gasteiger charge is 2.34. The van der Waals surface area contributed by atoms with E-state index in [9.17, 15) is 0 Å². The third kappa shape index (κ3) is 4.17. The monoisotopic (exact) mass is 394 g/mol. The van der Waals surface area contributed by atoms with E-state index in [1.165, 1.54) is 0 Å². The maximum absolute atomic E-state index is 5.88. The first-order valence-electron chi connectivity index (χ1n) is 7.01. The molecule has 8 heteroatoms. The minimum atomic E-state index is 0.0752. The van der Waals surface area contributed by atoms with Crippen molar-refractivity contribution in [2.45, 2.75) is 42.2 Å². The van der Waals surface area contributed by atoms with Gasteiger partial charge in [0.25, 0.3) is 0 Å². The Labute approximate surface area is 143 Å². The summed E-state index contributed by atoms with van der Waals surface area (Å²) in [5, 5.41) is 6.17. The third-order valence-corrected chi connectivity index (χ3v) is 7.87. The largest absolute Gasteiger partial charge is 0.383 e. The molecule has 21 heavy (non-hydrogen) atoms. The third-order valence-electron chi connectivity index (χ3n) is 3.76. The van der Waals surface area contributed by atoms with Crippen LogP contribution in [0, 0.1) is 0 Å². The quantitative estimate of drug-likeness (QED) is 0.570. The lowest BCUT2D eigenvalue weighted by atomic mass is 10.1. The van der Waals surface area contributed by atoms with Crippen molar-refractivity contribution in [1.82, 2.24) is 15.2 Å². The van der Waals surface area contributed by atoms with E-state index in [1.54, 1.807) is 7.11 Å². The number of nitrogens with two attached hydrogens (primary N) is 1. The molecule has 5 nitrogen and oxygen atoms in total. The molecule has 1 aromatic rings. The number of nitrogens with one attached hydrogen (secondary N) is 1. The molecule has 1 fully saturated rings. The fourth-order valence-corrected chi connectivity index (χ4v) is 6.00. The van der Waals surface area contributed by atoms with Crippen LogP contribution in [0.5, 0.6) is 0 Å². The smallest absolute Gasteiger partial charge is 0.0767 e. The van der Waals surface area contributed by atoms with E-state index in [0.29, 0.717) is 22.4 Å². The summed E-state index contributed by atoms with van der Waals surface area (Å²) < 4.78 is 8.14. The molecule has 0 saturated carbocycles. The minimum Gasteiger partial charge on any atom is -0.383 e. The van der Waals surface area contributed by atoms with E-state index in [0.717, 1.165) is 22.5 Å². The fourth-order valence-electron chi connectivity index (χ4n) is 2.38. The van der Waals surface area contributed by atoms with Gasteiger partial charge in [-0.05, 0) is 15.9 Å². The molecule has 0 aromatic carbocycles. The first-order valence-corrected chi connectivity index (χ1v) is 9.80. The Hall–Kier alpha value is 0.270. The van der Waals surface area contributed by atoms with Crippen molar-refractivity contribution >= 4 is 39.5 Å². The number of hydrogen-bond acceptors (Lipinski definition) is 6. The molecular formula is C13H23BrN4OS2. The highest BCUT2D eigenvalue weighted by molar-refractivity contribution is 9.10. The summed E-state index contributed by atoms with van der Waals surface area (Å²) in [6, 6.07) is 0.0752. The molecule has 2 rings (SSSR count). The molecule has 1 aliphatic heterocycles. The summed E-state index contributed by atoms with van der Waals surface area (Å²) in [5.74, 6) is 6.97. The number of hydrazine groups is 1. The average molecular weight is 395 g/mol. The maximum Gasteiger partial charge on any atom is 0.0767 e. The van der Waals surface area contributed by atoms with Crippen molar-refractivity contribution in [3.8, 4) is 0 Å². The Morgan fingerprint density at radius 2 is 2.33 bits per heavy atom. The summed E-state index contributed by atoms with van der Waals surface area (Å²) >= 11 is 7.64. The summed E-state index contributed by atoms with van der Waals surface area (Å²) in [6.45, 7) is 5.95. The van der Waals surface area contributed by atoms with Gasteiger partial charge in [-0.2, -0.15) is 28.6 Å². The lowest BCUT2D eigenvalue weighted by Crippen LogP contribution is -2.41. The molecule has 0 aliphatic carbocycles. The van der Waals surface area contributed by atoms with Crippen LogP contribution < -0.4 is 11.3 Å². The van der Waals surface area contributed by atoms with Gasteiger partial charge in [-0.1, -0.05) is 13.8 Å². The predicted octanol–water partition coefficient (Wildman–Crippen LogP) is 2.42. The van der Waals surface area contributed by atoms with E-state index >= 15 is 0 Å². The van der Waals surface area contributed by atoms with E-state index in [-0.39, 0.29) is 6.04 Å². The van der Waals surface area contributed by atoms with Crippen LogP contribution in [0.2, 0.25) is 0 Å². The van der Waals surface area contributed by atoms with Gasteiger partial charge in [-0.15, -0.1) is 0 Å². The summed E-state index contributed by atoms with van der Waals surface area (Å²) in [6.07, 6.45) is 1.84. The molecule has 1 aliphatic rings. The van der Waals surface area contributed by atoms with Crippen molar-refractivity contribution in [3.63, 3.8) is 0 Å². The van der Waals surface area contributed by atoms with Crippen LogP contribution in [0.25, 0.3) is 0 Å². The van der Waals surface area contributed by atoms with Gasteiger partial charge in [-0.25, -0.2) is 0 Å². The van der Waals surface area contributed by atoms with Crippen molar-refractivity contribution in [3.05, 3.63) is 16.4 Å². The van der Waals surface area contributed by atoms with Gasteiger partial charge in [0.05, 0.1) is 35.6 Å². The SMILES string of the molecule is COCCn1ncc(Br)c1C(NN)C1CSC(C)C(C)S1. The molecule has 3 N–H and O–H groups in total. The van der Waals surface area contributed by atoms with Gasteiger partial charge in [0, 0.05) is 28.6 Å². The normalized spacial score (nSPS) is 27.8. The second-order valence-electron chi connectivity index (χ2n) is 5.16. The number of ether oxygens (including phenoxy) is 1. The lowest BCUT2D eigenvalue weighted by Gasteiger charge is -2.35. The van der Waals surface area contributed by atoms with Crippen LogP contribution in [0.15, 0.2) is 10.7 Å². The van der Waals surface area contributed by atoms with Crippen LogP contribution in [0.3, 0.4) is 0 Å². The molecule has 1 saturated heterocycles. The van der Waals surface area contributed by atoms with Gasteiger partial charge < -0.3 is 4.74 Å². The van der Waals surface area contributed by atoms with Gasteiger partial charge in [0.1, 0.15) is 0 Å². The highest BCUT2D eigenvalue weighted by atomic mass is 79.9. The van der Waals surface area contributed by atoms with Gasteiger partial charge in [-0.3, -0.25) is 16.0 Å². The Morgan fingerprint density at radius 1 is 1.57 bits per heavy atom. The van der Waals surface area contributed by atoms with Crippen molar-refractivity contribution in [2.24, 2.45) is 5.84 Å². The first kappa shape index (κ1) is 17.6. The topological polar surface area (TPSA) is 65.1 Å². The first-order chi connectivity index (χ1) is 10.1. The fraction of sp³-hybridized carbons (Fsp3) is 0.769. The Balaban J connectivity index is 2.19. The average Bonchev–Trinajstić information content (AvgIpc) is 2.83. The molecule has 4 unspecified atom stereocenters. The minimum absolute atomic E-state index is 0.0752. The molecule has 0 bridgehead atoms. The van der Waals surface area contributed by atoms with Gasteiger partial charge in [0.2, 0.25) is 0 Å². The molecule has 0 radical (unpaired) electrons. The van der Waals surface area contributed by atoms with Crippen LogP contribution in [-0.4, -0.2) is 45.0 Å². The zero-order valence-electron chi connectivity index (χ0n) is 12.6. The Kier molecular flexibility index (Phi) is 6.89. The van der Waals surface area contributed by atoms with Crippen LogP contribution in [-0.2, 0) is 11.3 Å². The molecule has 0 amide bonds. The molecule has 2 heterocycles. The molecule has 120 valence electrons. The summed E-state index contributed by atoms with van der Waals surface area (Å²) in [5.41, 5.74) is 4.11. The van der Waals surface area contributed by atoms with E-state index in [4.69, 9.17) is 10.6 Å². The number of nitrogens with zero attached hydrogens (tertiary/aromatic N) is 2. The number of rotatable bonds is 6. The van der Waals surface area contributed by atoms with Crippen molar-refractivity contribution in [2.75, 3.05) is 19.5 Å². The summed E-state index contributed by atoms with van der Waals surface area (Å²) in [7, 11) is 1.70. The lowest BCUT2D eigenvalue weighted by molar-refractivity contribution is 0.181. The number of methoxy groups -OCH3 is 1. The molecule has 4 atom stereocenters. The Bertz CT molecular complexity index is 459. The van der Waals surface area contributed by atoms with Crippen molar-refractivity contribution in [1.29, 1.82) is 0 Å². The Morgan fingerprint density at radius 3 is 2.95 bits per heavy atom. The number of aromatic nitrogens is 2. The number of thioether (sulfide) groups is 2. The zero-order chi connectivity index (χ0) is 15.4. The standard InChI is InChI=1S/C13H23BrN4OS2/c1-8-9(2)21-11(7-20-8)12(17-15)13-10(14)6-16-18(13)4-5-19-3/h6,8-9,11-12,17H,4-5,7,15H2,1-3H3. The second kappa shape index (κ2) is 8.21. The number of halogens is 1. The zero-order valence-corrected chi connectivity index (χ0v) is 15.8. The van der Waals surface area contributed by atoms with Crippen LogP contribution in [0.1, 0.15) is 25.6 Å². The van der Waals surface area contributed by atoms with Crippen LogP contribution >= 0.6 is 39.5 Å². The van der Waals surface area contributed by atoms with Gasteiger partial charge in [0.15, 0.2) is 0 Å². The predicted molar refractivity (Wildman–Crippen MR) is 94.6 cm³/mol. The van der Waals surface area contributed by atoms with Crippen LogP contribution in [0.4, 0.5) is 0 Å². The van der Waals surface area contributed by atoms with Crippen molar-refractivity contribution < 1.29 is 4.74 Å². The molecule has 0 spiro atoms. The summed E-state index contributed by atoms with van der Waals surface area (Å²) in [4.78, 5) is 0. The van der Waals surface area contributed by atoms with E-state index in [2.05, 4.69) is 40.3 Å². The van der Waals surface area contributed by atoms with E-state index in [1.807, 2.05) is 34.4 Å². The van der Waals surface area contributed by atoms with E-state index < -0.39 is 0 Å². The second-order valence-corrected chi connectivity index (χ2v) is 9.04. The maximum atomic E-state index is 5.88. The molecular weight excluding hydrogens is 372 g/mol.